The molecule has 0 amide bonds. The Morgan fingerprint density at radius 1 is 1.09 bits per heavy atom. The highest BCUT2D eigenvalue weighted by Gasteiger charge is 2.19. The second kappa shape index (κ2) is 8.64. The second-order valence-corrected chi connectivity index (χ2v) is 7.56. The number of phenols is 1. The lowest BCUT2D eigenvalue weighted by atomic mass is 10.2. The molecule has 9 nitrogen and oxygen atoms in total. The molecule has 5 rings (SSSR count). The lowest BCUT2D eigenvalue weighted by molar-refractivity contribution is 0.122. The van der Waals surface area contributed by atoms with Crippen molar-refractivity contribution in [3.8, 4) is 11.4 Å². The molecule has 32 heavy (non-hydrogen) atoms. The Bertz CT molecular complexity index is 1280. The van der Waals surface area contributed by atoms with Crippen LogP contribution >= 0.6 is 0 Å². The van der Waals surface area contributed by atoms with Gasteiger partial charge in [0.25, 0.3) is 0 Å². The van der Waals surface area contributed by atoms with Gasteiger partial charge >= 0.3 is 0 Å². The highest BCUT2D eigenvalue weighted by atomic mass is 16.5. The van der Waals surface area contributed by atoms with Crippen LogP contribution < -0.4 is 10.3 Å². The number of anilines is 2. The van der Waals surface area contributed by atoms with Gasteiger partial charge in [0.1, 0.15) is 12.1 Å². The summed E-state index contributed by atoms with van der Waals surface area (Å²) in [4.78, 5) is 16.1. The third-order valence-corrected chi connectivity index (χ3v) is 5.21. The van der Waals surface area contributed by atoms with Crippen LogP contribution in [0.4, 0.5) is 11.8 Å². The first kappa shape index (κ1) is 20.0. The average molecular weight is 429 g/mol. The molecule has 0 radical (unpaired) electrons. The number of rotatable bonds is 5. The lowest BCUT2D eigenvalue weighted by Crippen LogP contribution is -2.37. The van der Waals surface area contributed by atoms with E-state index in [2.05, 4.69) is 26.5 Å². The van der Waals surface area contributed by atoms with Crippen LogP contribution in [0.5, 0.6) is 5.75 Å². The summed E-state index contributed by atoms with van der Waals surface area (Å²) < 4.78 is 7.30. The molecule has 2 aromatic carbocycles. The van der Waals surface area contributed by atoms with Crippen LogP contribution in [0.3, 0.4) is 0 Å². The van der Waals surface area contributed by atoms with Gasteiger partial charge in [-0.1, -0.05) is 35.9 Å². The third-order valence-electron chi connectivity index (χ3n) is 5.21. The number of imidazole rings is 1. The minimum absolute atomic E-state index is 0.174. The molecule has 2 aromatic heterocycles. The Labute approximate surface area is 185 Å². The van der Waals surface area contributed by atoms with E-state index >= 15 is 0 Å². The lowest BCUT2D eigenvalue weighted by Gasteiger charge is -2.27. The van der Waals surface area contributed by atoms with Gasteiger partial charge < -0.3 is 14.7 Å². The van der Waals surface area contributed by atoms with E-state index in [1.165, 1.54) is 0 Å². The van der Waals surface area contributed by atoms with Gasteiger partial charge in [0, 0.05) is 19.2 Å². The molecular weight excluding hydrogens is 406 g/mol. The zero-order valence-electron chi connectivity index (χ0n) is 17.6. The van der Waals surface area contributed by atoms with Crippen LogP contribution in [0, 0.1) is 6.92 Å². The number of aromatic hydroxyl groups is 1. The van der Waals surface area contributed by atoms with Crippen molar-refractivity contribution >= 4 is 29.1 Å². The Morgan fingerprint density at radius 3 is 2.75 bits per heavy atom. The SMILES string of the molecule is Cc1cccc(/C=N/Nc2nc(N3CCOCC3)nc3c2ncn3-c2cccc(O)c2)c1. The molecule has 1 aliphatic heterocycles. The summed E-state index contributed by atoms with van der Waals surface area (Å²) in [7, 11) is 0. The number of aryl methyl sites for hydroxylation is 1. The van der Waals surface area contributed by atoms with Gasteiger partial charge in [-0.05, 0) is 24.6 Å². The summed E-state index contributed by atoms with van der Waals surface area (Å²) in [5.74, 6) is 1.27. The number of nitrogens with one attached hydrogen (secondary N) is 1. The van der Waals surface area contributed by atoms with Gasteiger partial charge in [-0.3, -0.25) is 9.99 Å². The second-order valence-electron chi connectivity index (χ2n) is 7.56. The van der Waals surface area contributed by atoms with Gasteiger partial charge in [0.05, 0.1) is 25.1 Å². The number of hydrogen-bond donors (Lipinski definition) is 2. The standard InChI is InChI=1S/C23H23N7O2/c1-16-4-2-5-17(12-16)14-25-28-21-20-22(27-23(26-21)29-8-10-32-11-9-29)30(15-24-20)18-6-3-7-19(31)13-18/h2-7,12-15,31H,8-11H2,1H3,(H,26,27,28)/b25-14+. The molecule has 3 heterocycles. The van der Waals surface area contributed by atoms with E-state index in [1.807, 2.05) is 35.8 Å². The molecule has 4 aromatic rings. The number of hydrogen-bond acceptors (Lipinski definition) is 8. The van der Waals surface area contributed by atoms with E-state index < -0.39 is 0 Å². The zero-order chi connectivity index (χ0) is 21.9. The fourth-order valence-corrected chi connectivity index (χ4v) is 3.62. The molecule has 0 aliphatic carbocycles. The first-order valence-corrected chi connectivity index (χ1v) is 10.4. The summed E-state index contributed by atoms with van der Waals surface area (Å²) in [6, 6.07) is 15.0. The van der Waals surface area contributed by atoms with E-state index in [9.17, 15) is 5.11 Å². The van der Waals surface area contributed by atoms with Crippen LogP contribution in [-0.4, -0.2) is 57.1 Å². The molecule has 0 spiro atoms. The summed E-state index contributed by atoms with van der Waals surface area (Å²) >= 11 is 0. The van der Waals surface area contributed by atoms with Crippen LogP contribution in [0.15, 0.2) is 60.0 Å². The minimum Gasteiger partial charge on any atom is -0.508 e. The van der Waals surface area contributed by atoms with Crippen molar-refractivity contribution in [1.82, 2.24) is 19.5 Å². The van der Waals surface area contributed by atoms with E-state index in [4.69, 9.17) is 14.7 Å². The number of fused-ring (bicyclic) bond motifs is 1. The predicted octanol–water partition coefficient (Wildman–Crippen LogP) is 3.11. The molecule has 1 aliphatic rings. The quantitative estimate of drug-likeness (QED) is 0.371. The van der Waals surface area contributed by atoms with E-state index in [0.29, 0.717) is 49.2 Å². The Balaban J connectivity index is 1.55. The highest BCUT2D eigenvalue weighted by molar-refractivity contribution is 5.87. The first-order chi connectivity index (χ1) is 15.7. The maximum absolute atomic E-state index is 9.92. The van der Waals surface area contributed by atoms with Crippen molar-refractivity contribution in [2.75, 3.05) is 36.6 Å². The van der Waals surface area contributed by atoms with Crippen LogP contribution in [0.2, 0.25) is 0 Å². The highest BCUT2D eigenvalue weighted by Crippen LogP contribution is 2.26. The van der Waals surface area contributed by atoms with Gasteiger partial charge in [0.15, 0.2) is 17.0 Å². The zero-order valence-corrected chi connectivity index (χ0v) is 17.6. The maximum Gasteiger partial charge on any atom is 0.229 e. The van der Waals surface area contributed by atoms with Crippen molar-refractivity contribution in [3.63, 3.8) is 0 Å². The summed E-state index contributed by atoms with van der Waals surface area (Å²) in [5.41, 5.74) is 7.17. The smallest absolute Gasteiger partial charge is 0.229 e. The van der Waals surface area contributed by atoms with E-state index in [1.54, 1.807) is 30.7 Å². The summed E-state index contributed by atoms with van der Waals surface area (Å²) in [6.45, 7) is 4.71. The Morgan fingerprint density at radius 2 is 1.94 bits per heavy atom. The number of hydrazone groups is 1. The normalized spacial score (nSPS) is 14.3. The molecule has 1 fully saturated rings. The molecule has 0 unspecified atom stereocenters. The first-order valence-electron chi connectivity index (χ1n) is 10.4. The number of aromatic nitrogens is 4. The van der Waals surface area contributed by atoms with Gasteiger partial charge in [0.2, 0.25) is 5.95 Å². The maximum atomic E-state index is 9.92. The number of morpholine rings is 1. The molecule has 0 atom stereocenters. The summed E-state index contributed by atoms with van der Waals surface area (Å²) in [5, 5.41) is 14.3. The molecule has 0 bridgehead atoms. The molecule has 1 saturated heterocycles. The number of ether oxygens (including phenoxy) is 1. The van der Waals surface area contributed by atoms with Crippen LogP contribution in [-0.2, 0) is 4.74 Å². The number of phenolic OH excluding ortho intramolecular Hbond substituents is 1. The number of nitrogens with zero attached hydrogens (tertiary/aromatic N) is 6. The van der Waals surface area contributed by atoms with Crippen molar-refractivity contribution in [2.45, 2.75) is 6.92 Å². The molecule has 0 saturated carbocycles. The average Bonchev–Trinajstić information content (AvgIpc) is 3.24. The van der Waals surface area contributed by atoms with Crippen molar-refractivity contribution in [3.05, 3.63) is 66.0 Å². The summed E-state index contributed by atoms with van der Waals surface area (Å²) in [6.07, 6.45) is 3.42. The Kier molecular flexibility index (Phi) is 5.39. The van der Waals surface area contributed by atoms with E-state index in [0.717, 1.165) is 16.8 Å². The van der Waals surface area contributed by atoms with E-state index in [-0.39, 0.29) is 5.75 Å². The number of benzene rings is 2. The molecule has 9 heteroatoms. The fourth-order valence-electron chi connectivity index (χ4n) is 3.62. The van der Waals surface area contributed by atoms with Crippen molar-refractivity contribution in [1.29, 1.82) is 0 Å². The predicted molar refractivity (Wildman–Crippen MR) is 124 cm³/mol. The minimum atomic E-state index is 0.174. The third kappa shape index (κ3) is 4.10. The van der Waals surface area contributed by atoms with Crippen LogP contribution in [0.25, 0.3) is 16.9 Å². The Hall–Kier alpha value is -3.98. The largest absolute Gasteiger partial charge is 0.508 e. The van der Waals surface area contributed by atoms with Crippen molar-refractivity contribution < 1.29 is 9.84 Å². The fraction of sp³-hybridized carbons (Fsp3) is 0.217. The molecular formula is C23H23N7O2. The van der Waals surface area contributed by atoms with Crippen molar-refractivity contribution in [2.24, 2.45) is 5.10 Å². The topological polar surface area (TPSA) is 101 Å². The van der Waals surface area contributed by atoms with Gasteiger partial charge in [-0.15, -0.1) is 0 Å². The monoisotopic (exact) mass is 429 g/mol. The molecule has 2 N–H and O–H groups in total. The van der Waals surface area contributed by atoms with Gasteiger partial charge in [-0.25, -0.2) is 4.98 Å². The van der Waals surface area contributed by atoms with Gasteiger partial charge in [-0.2, -0.15) is 15.1 Å². The molecule has 162 valence electrons. The van der Waals surface area contributed by atoms with Crippen LogP contribution in [0.1, 0.15) is 11.1 Å².